The first kappa shape index (κ1) is 10.6. The van der Waals surface area contributed by atoms with Crippen LogP contribution in [0.15, 0.2) is 0 Å². The molecular formula is C13H22N2O. The molecule has 3 nitrogen and oxygen atoms in total. The average Bonchev–Trinajstić information content (AvgIpc) is 2.90. The maximum Gasteiger partial charge on any atom is 0.242 e. The topological polar surface area (TPSA) is 46.3 Å². The Morgan fingerprint density at radius 3 is 2.50 bits per heavy atom. The number of hydrogen-bond donors (Lipinski definition) is 1. The highest BCUT2D eigenvalue weighted by Crippen LogP contribution is 2.39. The maximum atomic E-state index is 12.5. The van der Waals surface area contributed by atoms with Gasteiger partial charge in [0.25, 0.3) is 0 Å². The number of carbonyl (C=O) groups excluding carboxylic acids is 1. The van der Waals surface area contributed by atoms with Crippen LogP contribution in [0.1, 0.15) is 51.4 Å². The predicted molar refractivity (Wildman–Crippen MR) is 62.8 cm³/mol. The molecule has 2 saturated carbocycles. The summed E-state index contributed by atoms with van der Waals surface area (Å²) >= 11 is 0. The van der Waals surface area contributed by atoms with Crippen molar-refractivity contribution in [3.8, 4) is 0 Å². The standard InChI is InChI=1S/C13H22N2O/c14-13(6-2-1-3-7-13)12(16)15-9-10-4-5-11(15)8-10/h10-11H,1-9,14H2. The zero-order chi connectivity index (χ0) is 11.2. The molecule has 3 aliphatic rings. The van der Waals surface area contributed by atoms with Gasteiger partial charge in [0, 0.05) is 12.6 Å². The second-order valence-electron chi connectivity index (χ2n) is 6.01. The minimum absolute atomic E-state index is 0.263. The van der Waals surface area contributed by atoms with Gasteiger partial charge in [-0.05, 0) is 38.0 Å². The lowest BCUT2D eigenvalue weighted by molar-refractivity contribution is -0.140. The summed E-state index contributed by atoms with van der Waals surface area (Å²) in [6.45, 7) is 0.989. The van der Waals surface area contributed by atoms with Crippen LogP contribution in [0.3, 0.4) is 0 Å². The van der Waals surface area contributed by atoms with Gasteiger partial charge in [-0.1, -0.05) is 19.3 Å². The van der Waals surface area contributed by atoms with Crippen LogP contribution in [0.4, 0.5) is 0 Å². The van der Waals surface area contributed by atoms with E-state index in [1.54, 1.807) is 0 Å². The van der Waals surface area contributed by atoms with E-state index < -0.39 is 5.54 Å². The van der Waals surface area contributed by atoms with Crippen molar-refractivity contribution in [1.29, 1.82) is 0 Å². The molecule has 0 spiro atoms. The molecule has 1 saturated heterocycles. The molecule has 2 N–H and O–H groups in total. The third kappa shape index (κ3) is 1.56. The third-order valence-electron chi connectivity index (χ3n) is 4.84. The normalized spacial score (nSPS) is 36.7. The molecule has 0 aromatic rings. The maximum absolute atomic E-state index is 12.5. The fraction of sp³-hybridized carbons (Fsp3) is 0.923. The summed E-state index contributed by atoms with van der Waals surface area (Å²) in [6, 6.07) is 0.528. The molecule has 2 aliphatic carbocycles. The number of nitrogens with two attached hydrogens (primary N) is 1. The van der Waals surface area contributed by atoms with Crippen molar-refractivity contribution in [3.63, 3.8) is 0 Å². The van der Waals surface area contributed by atoms with Gasteiger partial charge in [-0.2, -0.15) is 0 Å². The lowest BCUT2D eigenvalue weighted by atomic mass is 9.81. The average molecular weight is 222 g/mol. The summed E-state index contributed by atoms with van der Waals surface area (Å²) in [5.41, 5.74) is 5.81. The first-order chi connectivity index (χ1) is 7.69. The second kappa shape index (κ2) is 3.73. The van der Waals surface area contributed by atoms with E-state index in [1.165, 1.54) is 25.7 Å². The molecule has 3 fully saturated rings. The first-order valence-electron chi connectivity index (χ1n) is 6.79. The summed E-state index contributed by atoms with van der Waals surface area (Å²) in [5.74, 6) is 1.04. The van der Waals surface area contributed by atoms with Crippen LogP contribution in [0, 0.1) is 5.92 Å². The van der Waals surface area contributed by atoms with Gasteiger partial charge in [0.15, 0.2) is 0 Å². The molecule has 2 atom stereocenters. The van der Waals surface area contributed by atoms with Gasteiger partial charge in [-0.15, -0.1) is 0 Å². The molecule has 0 aromatic heterocycles. The van der Waals surface area contributed by atoms with E-state index in [0.717, 1.165) is 38.1 Å². The van der Waals surface area contributed by atoms with Crippen LogP contribution in [-0.2, 0) is 4.79 Å². The van der Waals surface area contributed by atoms with Crippen molar-refractivity contribution in [2.24, 2.45) is 11.7 Å². The van der Waals surface area contributed by atoms with Crippen LogP contribution in [0.5, 0.6) is 0 Å². The second-order valence-corrected chi connectivity index (χ2v) is 6.01. The minimum Gasteiger partial charge on any atom is -0.338 e. The van der Waals surface area contributed by atoms with Gasteiger partial charge in [0.2, 0.25) is 5.91 Å². The van der Waals surface area contributed by atoms with Crippen LogP contribution in [0.25, 0.3) is 0 Å². The van der Waals surface area contributed by atoms with Gasteiger partial charge in [-0.3, -0.25) is 4.79 Å². The fourth-order valence-electron chi connectivity index (χ4n) is 3.86. The van der Waals surface area contributed by atoms with Crippen LogP contribution in [0.2, 0.25) is 0 Å². The molecule has 1 heterocycles. The number of carbonyl (C=O) groups is 1. The number of piperidine rings is 1. The SMILES string of the molecule is NC1(C(=O)N2CC3CCC2C3)CCCCC1. The van der Waals surface area contributed by atoms with Crippen LogP contribution in [-0.4, -0.2) is 28.9 Å². The molecule has 1 amide bonds. The highest BCUT2D eigenvalue weighted by Gasteiger charge is 2.46. The number of nitrogens with zero attached hydrogens (tertiary/aromatic N) is 1. The number of hydrogen-bond acceptors (Lipinski definition) is 2. The Hall–Kier alpha value is -0.570. The van der Waals surface area contributed by atoms with Gasteiger partial charge in [-0.25, -0.2) is 0 Å². The Morgan fingerprint density at radius 1 is 1.19 bits per heavy atom. The Labute approximate surface area is 97.4 Å². The molecule has 1 aliphatic heterocycles. The van der Waals surface area contributed by atoms with Crippen molar-refractivity contribution in [3.05, 3.63) is 0 Å². The van der Waals surface area contributed by atoms with Gasteiger partial charge < -0.3 is 10.6 Å². The molecule has 2 bridgehead atoms. The van der Waals surface area contributed by atoms with Crippen molar-refractivity contribution < 1.29 is 4.79 Å². The fourth-order valence-corrected chi connectivity index (χ4v) is 3.86. The molecule has 3 rings (SSSR count). The zero-order valence-electron chi connectivity index (χ0n) is 9.95. The van der Waals surface area contributed by atoms with Crippen molar-refractivity contribution in [1.82, 2.24) is 4.90 Å². The number of fused-ring (bicyclic) bond motifs is 2. The molecule has 90 valence electrons. The minimum atomic E-state index is -0.511. The van der Waals surface area contributed by atoms with Gasteiger partial charge >= 0.3 is 0 Å². The number of likely N-dealkylation sites (tertiary alicyclic amines) is 1. The highest BCUT2D eigenvalue weighted by atomic mass is 16.2. The van der Waals surface area contributed by atoms with Gasteiger partial charge in [0.1, 0.15) is 0 Å². The predicted octanol–water partition coefficient (Wildman–Crippen LogP) is 1.66. The van der Waals surface area contributed by atoms with Crippen molar-refractivity contribution in [2.45, 2.75) is 62.9 Å². The van der Waals surface area contributed by atoms with E-state index in [4.69, 9.17) is 5.73 Å². The summed E-state index contributed by atoms with van der Waals surface area (Å²) < 4.78 is 0. The molecule has 2 unspecified atom stereocenters. The van der Waals surface area contributed by atoms with E-state index in [9.17, 15) is 4.79 Å². The third-order valence-corrected chi connectivity index (χ3v) is 4.84. The summed E-state index contributed by atoms with van der Waals surface area (Å²) in [7, 11) is 0. The van der Waals surface area contributed by atoms with E-state index in [0.29, 0.717) is 6.04 Å². The zero-order valence-corrected chi connectivity index (χ0v) is 9.95. The summed E-state index contributed by atoms with van der Waals surface area (Å²) in [6.07, 6.45) is 9.09. The van der Waals surface area contributed by atoms with E-state index in [2.05, 4.69) is 4.90 Å². The van der Waals surface area contributed by atoms with E-state index in [-0.39, 0.29) is 5.91 Å². The molecular weight excluding hydrogens is 200 g/mol. The monoisotopic (exact) mass is 222 g/mol. The highest BCUT2D eigenvalue weighted by molar-refractivity contribution is 5.86. The molecule has 0 radical (unpaired) electrons. The smallest absolute Gasteiger partial charge is 0.242 e. The van der Waals surface area contributed by atoms with Crippen LogP contribution < -0.4 is 5.73 Å². The number of rotatable bonds is 1. The largest absolute Gasteiger partial charge is 0.338 e. The van der Waals surface area contributed by atoms with E-state index in [1.807, 2.05) is 0 Å². The van der Waals surface area contributed by atoms with E-state index >= 15 is 0 Å². The molecule has 16 heavy (non-hydrogen) atoms. The lowest BCUT2D eigenvalue weighted by Crippen LogP contribution is -2.57. The van der Waals surface area contributed by atoms with Crippen LogP contribution >= 0.6 is 0 Å². The lowest BCUT2D eigenvalue weighted by Gasteiger charge is -2.38. The first-order valence-corrected chi connectivity index (χ1v) is 6.79. The van der Waals surface area contributed by atoms with Crippen molar-refractivity contribution in [2.75, 3.05) is 6.54 Å². The quantitative estimate of drug-likeness (QED) is 0.733. The Bertz CT molecular complexity index is 296. The Balaban J connectivity index is 1.72. The summed E-state index contributed by atoms with van der Waals surface area (Å²) in [4.78, 5) is 14.6. The Morgan fingerprint density at radius 2 is 1.94 bits per heavy atom. The van der Waals surface area contributed by atoms with Crippen molar-refractivity contribution >= 4 is 5.91 Å². The summed E-state index contributed by atoms with van der Waals surface area (Å²) in [5, 5.41) is 0. The van der Waals surface area contributed by atoms with Gasteiger partial charge in [0.05, 0.1) is 5.54 Å². The molecule has 0 aromatic carbocycles. The Kier molecular flexibility index (Phi) is 2.46. The molecule has 3 heteroatoms. The number of amides is 1.